The van der Waals surface area contributed by atoms with E-state index >= 15 is 0 Å². The van der Waals surface area contributed by atoms with Crippen molar-refractivity contribution in [2.45, 2.75) is 11.8 Å². The van der Waals surface area contributed by atoms with Gasteiger partial charge in [0.15, 0.2) is 0 Å². The largest absolute Gasteiger partial charge is 0.265 e. The van der Waals surface area contributed by atoms with Gasteiger partial charge in [0.1, 0.15) is 10.0 Å². The molecule has 108 valence electrons. The molecule has 2 rings (SSSR count). The van der Waals surface area contributed by atoms with Crippen molar-refractivity contribution in [2.75, 3.05) is 4.72 Å². The number of nitriles is 1. The molecule has 0 amide bonds. The van der Waals surface area contributed by atoms with Gasteiger partial charge in [-0.2, -0.15) is 5.26 Å². The van der Waals surface area contributed by atoms with Crippen molar-refractivity contribution in [3.05, 3.63) is 45.7 Å². The van der Waals surface area contributed by atoms with Crippen LogP contribution < -0.4 is 4.72 Å². The summed E-state index contributed by atoms with van der Waals surface area (Å²) in [6.07, 6.45) is 0. The van der Waals surface area contributed by atoms with E-state index in [0.717, 1.165) is 0 Å². The maximum Gasteiger partial charge on any atom is 0.265 e. The molecule has 1 N–H and O–H groups in total. The minimum atomic E-state index is -3.98. The summed E-state index contributed by atoms with van der Waals surface area (Å²) in [7, 11) is -3.98. The number of rotatable bonds is 3. The summed E-state index contributed by atoms with van der Waals surface area (Å²) in [4.78, 5) is 7.53. The Morgan fingerprint density at radius 2 is 1.95 bits per heavy atom. The van der Waals surface area contributed by atoms with Crippen molar-refractivity contribution in [1.29, 1.82) is 5.26 Å². The van der Waals surface area contributed by atoms with Crippen LogP contribution in [-0.2, 0) is 10.0 Å². The van der Waals surface area contributed by atoms with Crippen LogP contribution in [0.25, 0.3) is 0 Å². The van der Waals surface area contributed by atoms with Crippen molar-refractivity contribution in [1.82, 2.24) is 9.97 Å². The minimum absolute atomic E-state index is 0.0692. The van der Waals surface area contributed by atoms with Gasteiger partial charge >= 0.3 is 0 Å². The Hall–Kier alpha value is -1.88. The molecule has 9 heteroatoms. The monoisotopic (exact) mass is 342 g/mol. The molecule has 0 aliphatic carbocycles. The number of hydrogen-bond acceptors (Lipinski definition) is 5. The topological polar surface area (TPSA) is 95.7 Å². The molecule has 21 heavy (non-hydrogen) atoms. The number of aryl methyl sites for hydroxylation is 1. The summed E-state index contributed by atoms with van der Waals surface area (Å²) in [6, 6.07) is 7.22. The van der Waals surface area contributed by atoms with Gasteiger partial charge in [-0.15, -0.1) is 0 Å². The molecule has 0 unspecified atom stereocenters. The summed E-state index contributed by atoms with van der Waals surface area (Å²) in [5.41, 5.74) is 0.771. The fourth-order valence-corrected chi connectivity index (χ4v) is 3.27. The van der Waals surface area contributed by atoms with E-state index in [1.807, 2.05) is 6.07 Å². The lowest BCUT2D eigenvalue weighted by Gasteiger charge is -2.09. The first-order valence-electron chi connectivity index (χ1n) is 5.55. The third kappa shape index (κ3) is 3.61. The van der Waals surface area contributed by atoms with E-state index in [0.29, 0.717) is 5.69 Å². The molecule has 1 heterocycles. The molecule has 0 saturated carbocycles. The van der Waals surface area contributed by atoms with Crippen molar-refractivity contribution in [3.63, 3.8) is 0 Å². The Morgan fingerprint density at radius 3 is 2.52 bits per heavy atom. The molecule has 0 aliphatic rings. The SMILES string of the molecule is Cc1cc(Cl)nc(NS(=O)(=O)c2ccc(C#N)cc2Cl)n1. The van der Waals surface area contributed by atoms with Crippen LogP contribution in [0.4, 0.5) is 5.95 Å². The standard InChI is InChI=1S/C12H8Cl2N4O2S/c1-7-4-11(14)17-12(16-7)18-21(19,20)10-3-2-8(6-15)5-9(10)13/h2-5H,1H3,(H,16,17,18). The highest BCUT2D eigenvalue weighted by molar-refractivity contribution is 7.92. The summed E-state index contributed by atoms with van der Waals surface area (Å²) in [6.45, 7) is 1.65. The highest BCUT2D eigenvalue weighted by Gasteiger charge is 2.20. The number of halogens is 2. The lowest BCUT2D eigenvalue weighted by atomic mass is 10.2. The normalized spacial score (nSPS) is 11.0. The van der Waals surface area contributed by atoms with Crippen LogP contribution in [0.1, 0.15) is 11.3 Å². The van der Waals surface area contributed by atoms with E-state index in [1.54, 1.807) is 6.92 Å². The van der Waals surface area contributed by atoms with Gasteiger partial charge in [-0.3, -0.25) is 0 Å². The Balaban J connectivity index is 2.41. The average Bonchev–Trinajstić information content (AvgIpc) is 2.36. The van der Waals surface area contributed by atoms with E-state index in [1.165, 1.54) is 24.3 Å². The fraction of sp³-hybridized carbons (Fsp3) is 0.0833. The summed E-state index contributed by atoms with van der Waals surface area (Å²) in [5, 5.41) is 8.79. The van der Waals surface area contributed by atoms with Gasteiger partial charge in [-0.25, -0.2) is 23.1 Å². The molecule has 0 atom stereocenters. The molecular weight excluding hydrogens is 335 g/mol. The number of hydrogen-bond donors (Lipinski definition) is 1. The number of nitrogens with one attached hydrogen (secondary N) is 1. The van der Waals surface area contributed by atoms with Gasteiger partial charge in [-0.1, -0.05) is 23.2 Å². The zero-order valence-electron chi connectivity index (χ0n) is 10.6. The Kier molecular flexibility index (Phi) is 4.32. The lowest BCUT2D eigenvalue weighted by Crippen LogP contribution is -2.16. The Bertz CT molecular complexity index is 827. The first-order chi connectivity index (χ1) is 9.81. The third-order valence-electron chi connectivity index (χ3n) is 2.40. The summed E-state index contributed by atoms with van der Waals surface area (Å²) in [5.74, 6) is -0.152. The molecular formula is C12H8Cl2N4O2S. The van der Waals surface area contributed by atoms with Crippen LogP contribution in [-0.4, -0.2) is 18.4 Å². The van der Waals surface area contributed by atoms with Crippen molar-refractivity contribution < 1.29 is 8.42 Å². The summed E-state index contributed by atoms with van der Waals surface area (Å²) < 4.78 is 26.7. The fourth-order valence-electron chi connectivity index (χ4n) is 1.54. The van der Waals surface area contributed by atoms with Gasteiger partial charge in [0.25, 0.3) is 10.0 Å². The van der Waals surface area contributed by atoms with Crippen LogP contribution in [0.2, 0.25) is 10.2 Å². The average molecular weight is 343 g/mol. The van der Waals surface area contributed by atoms with Gasteiger partial charge in [-0.05, 0) is 31.2 Å². The minimum Gasteiger partial charge on any atom is -0.247 e. The van der Waals surface area contributed by atoms with Gasteiger partial charge < -0.3 is 0 Å². The predicted octanol–water partition coefficient (Wildman–Crippen LogP) is 2.76. The van der Waals surface area contributed by atoms with Crippen molar-refractivity contribution >= 4 is 39.2 Å². The van der Waals surface area contributed by atoms with Crippen LogP contribution in [0.15, 0.2) is 29.2 Å². The maximum atomic E-state index is 12.2. The molecule has 6 nitrogen and oxygen atoms in total. The van der Waals surface area contributed by atoms with E-state index in [4.69, 9.17) is 28.5 Å². The quantitative estimate of drug-likeness (QED) is 0.865. The van der Waals surface area contributed by atoms with E-state index in [-0.39, 0.29) is 26.6 Å². The van der Waals surface area contributed by atoms with Crippen molar-refractivity contribution in [2.24, 2.45) is 0 Å². The molecule has 1 aromatic carbocycles. The zero-order valence-corrected chi connectivity index (χ0v) is 13.0. The van der Waals surface area contributed by atoms with Crippen LogP contribution in [0.5, 0.6) is 0 Å². The molecule has 0 fully saturated rings. The summed E-state index contributed by atoms with van der Waals surface area (Å²) >= 11 is 11.6. The molecule has 0 spiro atoms. The Morgan fingerprint density at radius 1 is 1.24 bits per heavy atom. The first-order valence-corrected chi connectivity index (χ1v) is 7.79. The molecule has 0 aliphatic heterocycles. The van der Waals surface area contributed by atoms with Gasteiger partial charge in [0.2, 0.25) is 5.95 Å². The second kappa shape index (κ2) is 5.85. The number of sulfonamides is 1. The van der Waals surface area contributed by atoms with Crippen LogP contribution in [0.3, 0.4) is 0 Å². The molecule has 0 saturated heterocycles. The molecule has 2 aromatic rings. The number of aromatic nitrogens is 2. The molecule has 1 aromatic heterocycles. The van der Waals surface area contributed by atoms with Gasteiger partial charge in [0.05, 0.1) is 16.7 Å². The third-order valence-corrected chi connectivity index (χ3v) is 4.40. The lowest BCUT2D eigenvalue weighted by molar-refractivity contribution is 0.601. The predicted molar refractivity (Wildman–Crippen MR) is 78.8 cm³/mol. The smallest absolute Gasteiger partial charge is 0.247 e. The number of anilines is 1. The number of nitrogens with zero attached hydrogens (tertiary/aromatic N) is 3. The highest BCUT2D eigenvalue weighted by atomic mass is 35.5. The maximum absolute atomic E-state index is 12.2. The van der Waals surface area contributed by atoms with Crippen molar-refractivity contribution in [3.8, 4) is 6.07 Å². The second-order valence-electron chi connectivity index (χ2n) is 4.02. The number of benzene rings is 1. The Labute approximate surface area is 131 Å². The van der Waals surface area contributed by atoms with E-state index < -0.39 is 10.0 Å². The first kappa shape index (κ1) is 15.5. The van der Waals surface area contributed by atoms with Crippen LogP contribution in [0, 0.1) is 18.3 Å². The van der Waals surface area contributed by atoms with Gasteiger partial charge in [0, 0.05) is 5.69 Å². The second-order valence-corrected chi connectivity index (χ2v) is 6.46. The van der Waals surface area contributed by atoms with E-state index in [9.17, 15) is 8.42 Å². The van der Waals surface area contributed by atoms with Crippen LogP contribution >= 0.6 is 23.2 Å². The molecule has 0 bridgehead atoms. The van der Waals surface area contributed by atoms with E-state index in [2.05, 4.69) is 14.7 Å². The zero-order chi connectivity index (χ0) is 15.6. The highest BCUT2D eigenvalue weighted by Crippen LogP contribution is 2.24. The molecule has 0 radical (unpaired) electrons.